The van der Waals surface area contributed by atoms with Crippen molar-refractivity contribution in [1.29, 1.82) is 0 Å². The van der Waals surface area contributed by atoms with E-state index in [1.807, 2.05) is 20.8 Å². The topological polar surface area (TPSA) is 92.5 Å². The molecule has 0 amide bonds. The van der Waals surface area contributed by atoms with Crippen LogP contribution in [0.5, 0.6) is 0 Å². The van der Waals surface area contributed by atoms with Crippen molar-refractivity contribution in [3.8, 4) is 0 Å². The highest BCUT2D eigenvalue weighted by Crippen LogP contribution is 2.20. The van der Waals surface area contributed by atoms with Crippen LogP contribution < -0.4 is 11.2 Å². The summed E-state index contributed by atoms with van der Waals surface area (Å²) in [4.78, 5) is 42.1. The summed E-state index contributed by atoms with van der Waals surface area (Å²) in [6.07, 6.45) is 3.53. The first-order valence-corrected chi connectivity index (χ1v) is 8.77. The smallest absolute Gasteiger partial charge is 0.332 e. The third kappa shape index (κ3) is 2.79. The van der Waals surface area contributed by atoms with E-state index in [1.54, 1.807) is 35.1 Å². The largest absolute Gasteiger partial charge is 0.465 e. The Kier molecular flexibility index (Phi) is 4.77. The van der Waals surface area contributed by atoms with Gasteiger partial charge in [-0.2, -0.15) is 4.98 Å². The summed E-state index contributed by atoms with van der Waals surface area (Å²) >= 11 is 0. The molecule has 9 heteroatoms. The van der Waals surface area contributed by atoms with Gasteiger partial charge in [0, 0.05) is 25.0 Å². The lowest BCUT2D eigenvalue weighted by Gasteiger charge is -2.07. The molecule has 0 aromatic carbocycles. The van der Waals surface area contributed by atoms with Crippen LogP contribution in [0.4, 0.5) is 0 Å². The fourth-order valence-corrected chi connectivity index (χ4v) is 3.21. The molecule has 0 aliphatic carbocycles. The summed E-state index contributed by atoms with van der Waals surface area (Å²) in [5.74, 6) is 0.0495. The minimum absolute atomic E-state index is 0.0129. The van der Waals surface area contributed by atoms with E-state index in [9.17, 15) is 14.4 Å². The van der Waals surface area contributed by atoms with Crippen LogP contribution in [0.3, 0.4) is 0 Å². The van der Waals surface area contributed by atoms with Crippen molar-refractivity contribution >= 4 is 22.9 Å². The molecule has 0 spiro atoms. The molecule has 0 N–H and O–H groups in total. The van der Waals surface area contributed by atoms with Crippen LogP contribution in [0, 0.1) is 13.8 Å². The number of ether oxygens (including phenoxy) is 1. The second-order valence-electron chi connectivity index (χ2n) is 6.31. The third-order valence-corrected chi connectivity index (χ3v) is 4.75. The lowest BCUT2D eigenvalue weighted by molar-refractivity contribution is -0.143. The number of aryl methyl sites for hydroxylation is 2. The Bertz CT molecular complexity index is 1190. The number of hydrogen-bond acceptors (Lipinski definition) is 5. The van der Waals surface area contributed by atoms with Crippen LogP contribution in [0.2, 0.25) is 0 Å². The highest BCUT2D eigenvalue weighted by Gasteiger charge is 2.23. The number of allylic oxidation sites excluding steroid dienone is 2. The van der Waals surface area contributed by atoms with Crippen LogP contribution in [0.1, 0.15) is 25.2 Å². The van der Waals surface area contributed by atoms with Crippen molar-refractivity contribution < 1.29 is 9.53 Å². The molecule has 0 saturated heterocycles. The molecule has 3 heterocycles. The molecule has 0 saturated carbocycles. The maximum atomic E-state index is 13.0. The Morgan fingerprint density at radius 1 is 1.19 bits per heavy atom. The van der Waals surface area contributed by atoms with Crippen molar-refractivity contribution in [3.05, 3.63) is 44.4 Å². The predicted octanol–water partition coefficient (Wildman–Crippen LogP) is 0.905. The second-order valence-corrected chi connectivity index (χ2v) is 6.31. The molecule has 0 atom stereocenters. The van der Waals surface area contributed by atoms with Gasteiger partial charge in [0.15, 0.2) is 11.2 Å². The quantitative estimate of drug-likeness (QED) is 0.489. The van der Waals surface area contributed by atoms with Gasteiger partial charge in [-0.3, -0.25) is 23.1 Å². The zero-order chi connectivity index (χ0) is 19.9. The Morgan fingerprint density at radius 2 is 1.89 bits per heavy atom. The van der Waals surface area contributed by atoms with E-state index in [2.05, 4.69) is 4.98 Å². The molecule has 0 unspecified atom stereocenters. The highest BCUT2D eigenvalue weighted by molar-refractivity contribution is 5.77. The van der Waals surface area contributed by atoms with Gasteiger partial charge in [0.1, 0.15) is 6.54 Å². The first kappa shape index (κ1) is 18.7. The summed E-state index contributed by atoms with van der Waals surface area (Å²) in [7, 11) is 1.58. The fourth-order valence-electron chi connectivity index (χ4n) is 3.21. The normalized spacial score (nSPS) is 11.9. The van der Waals surface area contributed by atoms with Gasteiger partial charge in [-0.1, -0.05) is 12.2 Å². The van der Waals surface area contributed by atoms with Crippen LogP contribution in [0.15, 0.2) is 21.7 Å². The minimum atomic E-state index is -0.433. The maximum Gasteiger partial charge on any atom is 0.332 e. The summed E-state index contributed by atoms with van der Waals surface area (Å²) in [6.45, 7) is 7.74. The van der Waals surface area contributed by atoms with E-state index in [-0.39, 0.29) is 31.3 Å². The summed E-state index contributed by atoms with van der Waals surface area (Å²) in [5, 5.41) is 0. The SMILES string of the molecule is CC=CCn1c(=O)c2c(nc3n(CC(=O)OCC)c(C)c(C)n23)n(C)c1=O. The fraction of sp³-hybridized carbons (Fsp3) is 0.444. The molecule has 3 aromatic heterocycles. The Labute approximate surface area is 155 Å². The van der Waals surface area contributed by atoms with Crippen molar-refractivity contribution in [2.75, 3.05) is 6.61 Å². The van der Waals surface area contributed by atoms with Crippen LogP contribution >= 0.6 is 0 Å². The standard InChI is InChI=1S/C18H23N5O4/c1-6-8-9-21-16(25)14-15(20(5)18(21)26)19-17-22(10-13(24)27-7-2)11(3)12(4)23(14)17/h6,8H,7,9-10H2,1-5H3. The van der Waals surface area contributed by atoms with Gasteiger partial charge in [-0.05, 0) is 27.7 Å². The molecule has 3 aromatic rings. The molecule has 144 valence electrons. The van der Waals surface area contributed by atoms with E-state index in [1.165, 1.54) is 9.13 Å². The second kappa shape index (κ2) is 6.90. The van der Waals surface area contributed by atoms with Gasteiger partial charge >= 0.3 is 11.7 Å². The number of carbonyl (C=O) groups excluding carboxylic acids is 1. The van der Waals surface area contributed by atoms with Crippen molar-refractivity contribution in [2.45, 2.75) is 40.8 Å². The number of aromatic nitrogens is 5. The van der Waals surface area contributed by atoms with E-state index in [0.717, 1.165) is 11.4 Å². The van der Waals surface area contributed by atoms with Crippen LogP contribution in [-0.4, -0.2) is 35.7 Å². The van der Waals surface area contributed by atoms with Gasteiger partial charge in [-0.25, -0.2) is 4.79 Å². The number of rotatable bonds is 5. The Balaban J connectivity index is 2.38. The Morgan fingerprint density at radius 3 is 2.52 bits per heavy atom. The molecule has 0 bridgehead atoms. The summed E-state index contributed by atoms with van der Waals surface area (Å²) in [6, 6.07) is 0. The van der Waals surface area contributed by atoms with E-state index < -0.39 is 11.2 Å². The molecule has 3 rings (SSSR count). The van der Waals surface area contributed by atoms with Gasteiger partial charge in [-0.15, -0.1) is 0 Å². The molecular formula is C18H23N5O4. The zero-order valence-electron chi connectivity index (χ0n) is 16.1. The van der Waals surface area contributed by atoms with E-state index >= 15 is 0 Å². The lowest BCUT2D eigenvalue weighted by atomic mass is 10.3. The van der Waals surface area contributed by atoms with Gasteiger partial charge in [0.25, 0.3) is 5.56 Å². The average Bonchev–Trinajstić information content (AvgIpc) is 3.12. The number of hydrogen-bond donors (Lipinski definition) is 0. The van der Waals surface area contributed by atoms with Crippen molar-refractivity contribution in [3.63, 3.8) is 0 Å². The molecule has 0 aliphatic heterocycles. The van der Waals surface area contributed by atoms with Gasteiger partial charge in [0.05, 0.1) is 6.61 Å². The zero-order valence-corrected chi connectivity index (χ0v) is 16.1. The van der Waals surface area contributed by atoms with E-state index in [0.29, 0.717) is 11.3 Å². The first-order chi connectivity index (χ1) is 12.8. The average molecular weight is 373 g/mol. The number of nitrogens with zero attached hydrogens (tertiary/aromatic N) is 5. The molecule has 27 heavy (non-hydrogen) atoms. The van der Waals surface area contributed by atoms with Crippen molar-refractivity contribution in [2.24, 2.45) is 7.05 Å². The van der Waals surface area contributed by atoms with E-state index in [4.69, 9.17) is 4.74 Å². The highest BCUT2D eigenvalue weighted by atomic mass is 16.5. The summed E-state index contributed by atoms with van der Waals surface area (Å²) in [5.41, 5.74) is 1.36. The summed E-state index contributed by atoms with van der Waals surface area (Å²) < 4.78 is 11.0. The predicted molar refractivity (Wildman–Crippen MR) is 101 cm³/mol. The van der Waals surface area contributed by atoms with Crippen molar-refractivity contribution in [1.82, 2.24) is 23.1 Å². The first-order valence-electron chi connectivity index (χ1n) is 8.77. The molecule has 0 radical (unpaired) electrons. The van der Waals surface area contributed by atoms with Gasteiger partial charge in [0.2, 0.25) is 5.78 Å². The number of esters is 1. The minimum Gasteiger partial charge on any atom is -0.465 e. The number of imidazole rings is 2. The molecule has 0 fully saturated rings. The Hall–Kier alpha value is -3.10. The van der Waals surface area contributed by atoms with Crippen LogP contribution in [0.25, 0.3) is 16.9 Å². The van der Waals surface area contributed by atoms with Gasteiger partial charge < -0.3 is 9.30 Å². The molecular weight excluding hydrogens is 350 g/mol. The van der Waals surface area contributed by atoms with Crippen LogP contribution in [-0.2, 0) is 29.7 Å². The number of fused-ring (bicyclic) bond motifs is 3. The molecule has 9 nitrogen and oxygen atoms in total. The molecule has 0 aliphatic rings. The monoisotopic (exact) mass is 373 g/mol. The third-order valence-electron chi connectivity index (χ3n) is 4.75. The maximum absolute atomic E-state index is 13.0. The number of carbonyl (C=O) groups is 1. The lowest BCUT2D eigenvalue weighted by Crippen LogP contribution is -2.39.